The Balaban J connectivity index is 1.74. The van der Waals surface area contributed by atoms with Crippen molar-refractivity contribution in [2.75, 3.05) is 6.54 Å². The zero-order valence-corrected chi connectivity index (χ0v) is 9.44. The molecule has 1 aliphatic rings. The summed E-state index contributed by atoms with van der Waals surface area (Å²) in [4.78, 5) is 15.1. The van der Waals surface area contributed by atoms with Crippen molar-refractivity contribution in [3.63, 3.8) is 0 Å². The third kappa shape index (κ3) is 2.57. The molecule has 1 aromatic rings. The molecule has 16 heavy (non-hydrogen) atoms. The van der Waals surface area contributed by atoms with Crippen molar-refractivity contribution in [3.05, 3.63) is 12.2 Å². The summed E-state index contributed by atoms with van der Waals surface area (Å²) >= 11 is 0. The van der Waals surface area contributed by atoms with E-state index >= 15 is 0 Å². The molecular formula is C10H17N5O. The number of carbonyl (C=O) groups excluding carboxylic acids is 1. The molecule has 6 heteroatoms. The van der Waals surface area contributed by atoms with Gasteiger partial charge in [0, 0.05) is 25.6 Å². The Labute approximate surface area is 94.4 Å². The van der Waals surface area contributed by atoms with E-state index in [0.717, 1.165) is 25.3 Å². The van der Waals surface area contributed by atoms with Crippen LogP contribution in [0.25, 0.3) is 0 Å². The molecular weight excluding hydrogens is 206 g/mol. The summed E-state index contributed by atoms with van der Waals surface area (Å²) < 4.78 is 1.86. The van der Waals surface area contributed by atoms with Gasteiger partial charge in [-0.15, -0.1) is 0 Å². The van der Waals surface area contributed by atoms with Gasteiger partial charge < -0.3 is 10.6 Å². The number of nitrogens with zero attached hydrogens (tertiary/aromatic N) is 3. The SMILES string of the molecule is CCn1ncnc1CNCC1CCC(=O)N1. The van der Waals surface area contributed by atoms with Crippen LogP contribution in [0.15, 0.2) is 6.33 Å². The Kier molecular flexibility index (Phi) is 3.51. The van der Waals surface area contributed by atoms with E-state index in [2.05, 4.69) is 20.7 Å². The predicted octanol–water partition coefficient (Wildman–Crippen LogP) is -0.334. The van der Waals surface area contributed by atoms with E-state index < -0.39 is 0 Å². The minimum absolute atomic E-state index is 0.156. The number of nitrogens with one attached hydrogen (secondary N) is 2. The van der Waals surface area contributed by atoms with Gasteiger partial charge in [0.2, 0.25) is 5.91 Å². The van der Waals surface area contributed by atoms with Crippen LogP contribution in [0.4, 0.5) is 0 Å². The van der Waals surface area contributed by atoms with Crippen LogP contribution in [0.3, 0.4) is 0 Å². The molecule has 1 amide bonds. The second-order valence-electron chi connectivity index (χ2n) is 3.93. The molecule has 1 fully saturated rings. The maximum atomic E-state index is 11.0. The molecule has 2 heterocycles. The summed E-state index contributed by atoms with van der Waals surface area (Å²) in [5.74, 6) is 1.09. The Hall–Kier alpha value is -1.43. The predicted molar refractivity (Wildman–Crippen MR) is 58.6 cm³/mol. The second kappa shape index (κ2) is 5.07. The first kappa shape index (κ1) is 11.1. The van der Waals surface area contributed by atoms with Crippen LogP contribution in [-0.4, -0.2) is 33.3 Å². The lowest BCUT2D eigenvalue weighted by atomic mass is 10.2. The van der Waals surface area contributed by atoms with Gasteiger partial charge in [0.05, 0.1) is 6.54 Å². The van der Waals surface area contributed by atoms with Crippen molar-refractivity contribution < 1.29 is 4.79 Å². The molecule has 1 unspecified atom stereocenters. The van der Waals surface area contributed by atoms with Gasteiger partial charge in [-0.05, 0) is 13.3 Å². The molecule has 0 aromatic carbocycles. The molecule has 0 saturated carbocycles. The first-order valence-electron chi connectivity index (χ1n) is 5.66. The molecule has 2 N–H and O–H groups in total. The summed E-state index contributed by atoms with van der Waals surface area (Å²) in [6, 6.07) is 0.269. The smallest absolute Gasteiger partial charge is 0.220 e. The number of amides is 1. The standard InChI is InChI=1S/C10H17N5O/c1-2-15-9(12-7-13-15)6-11-5-8-3-4-10(16)14-8/h7-8,11H,2-6H2,1H3,(H,14,16). The normalized spacial score (nSPS) is 20.1. The van der Waals surface area contributed by atoms with E-state index in [1.165, 1.54) is 0 Å². The van der Waals surface area contributed by atoms with Gasteiger partial charge in [-0.1, -0.05) is 0 Å². The third-order valence-corrected chi connectivity index (χ3v) is 2.75. The number of aromatic nitrogens is 3. The van der Waals surface area contributed by atoms with E-state index in [-0.39, 0.29) is 11.9 Å². The fourth-order valence-electron chi connectivity index (χ4n) is 1.88. The molecule has 1 saturated heterocycles. The highest BCUT2D eigenvalue weighted by molar-refractivity contribution is 5.78. The molecule has 0 radical (unpaired) electrons. The number of aryl methyl sites for hydroxylation is 1. The van der Waals surface area contributed by atoms with Crippen LogP contribution < -0.4 is 10.6 Å². The lowest BCUT2D eigenvalue weighted by Gasteiger charge is -2.10. The minimum atomic E-state index is 0.156. The lowest BCUT2D eigenvalue weighted by molar-refractivity contribution is -0.119. The van der Waals surface area contributed by atoms with Crippen molar-refractivity contribution in [3.8, 4) is 0 Å². The lowest BCUT2D eigenvalue weighted by Crippen LogP contribution is -2.35. The Morgan fingerprint density at radius 2 is 2.56 bits per heavy atom. The fraction of sp³-hybridized carbons (Fsp3) is 0.700. The van der Waals surface area contributed by atoms with Crippen LogP contribution in [-0.2, 0) is 17.9 Å². The molecule has 0 spiro atoms. The van der Waals surface area contributed by atoms with Gasteiger partial charge in [-0.3, -0.25) is 4.79 Å². The van der Waals surface area contributed by atoms with Crippen molar-refractivity contribution in [2.45, 2.75) is 38.9 Å². The third-order valence-electron chi connectivity index (χ3n) is 2.75. The van der Waals surface area contributed by atoms with Crippen LogP contribution >= 0.6 is 0 Å². The monoisotopic (exact) mass is 223 g/mol. The van der Waals surface area contributed by atoms with Gasteiger partial charge >= 0.3 is 0 Å². The van der Waals surface area contributed by atoms with E-state index in [0.29, 0.717) is 13.0 Å². The highest BCUT2D eigenvalue weighted by Gasteiger charge is 2.19. The largest absolute Gasteiger partial charge is 0.352 e. The van der Waals surface area contributed by atoms with E-state index in [1.807, 2.05) is 11.6 Å². The fourth-order valence-corrected chi connectivity index (χ4v) is 1.88. The molecule has 88 valence electrons. The second-order valence-corrected chi connectivity index (χ2v) is 3.93. The molecule has 2 rings (SSSR count). The minimum Gasteiger partial charge on any atom is -0.352 e. The van der Waals surface area contributed by atoms with Crippen molar-refractivity contribution in [1.82, 2.24) is 25.4 Å². The van der Waals surface area contributed by atoms with E-state index in [1.54, 1.807) is 6.33 Å². The van der Waals surface area contributed by atoms with Crippen LogP contribution in [0.5, 0.6) is 0 Å². The number of hydrogen-bond acceptors (Lipinski definition) is 4. The molecule has 0 bridgehead atoms. The van der Waals surface area contributed by atoms with Crippen LogP contribution in [0, 0.1) is 0 Å². The number of carbonyl (C=O) groups is 1. The molecule has 0 aliphatic carbocycles. The topological polar surface area (TPSA) is 71.8 Å². The van der Waals surface area contributed by atoms with Crippen molar-refractivity contribution >= 4 is 5.91 Å². The van der Waals surface area contributed by atoms with Gasteiger partial charge in [0.25, 0.3) is 0 Å². The zero-order chi connectivity index (χ0) is 11.4. The molecule has 1 atom stereocenters. The van der Waals surface area contributed by atoms with Gasteiger partial charge in [0.15, 0.2) is 0 Å². The summed E-state index contributed by atoms with van der Waals surface area (Å²) in [6.07, 6.45) is 3.14. The number of rotatable bonds is 5. The number of hydrogen-bond donors (Lipinski definition) is 2. The Morgan fingerprint density at radius 1 is 1.69 bits per heavy atom. The van der Waals surface area contributed by atoms with Crippen LogP contribution in [0.2, 0.25) is 0 Å². The average molecular weight is 223 g/mol. The quantitative estimate of drug-likeness (QED) is 0.716. The summed E-state index contributed by atoms with van der Waals surface area (Å²) in [6.45, 7) is 4.36. The average Bonchev–Trinajstić information content (AvgIpc) is 2.87. The summed E-state index contributed by atoms with van der Waals surface area (Å²) in [5.41, 5.74) is 0. The Bertz CT molecular complexity index is 362. The van der Waals surface area contributed by atoms with E-state index in [4.69, 9.17) is 0 Å². The summed E-state index contributed by atoms with van der Waals surface area (Å²) in [7, 11) is 0. The molecule has 1 aliphatic heterocycles. The van der Waals surface area contributed by atoms with E-state index in [9.17, 15) is 4.79 Å². The first-order valence-corrected chi connectivity index (χ1v) is 5.66. The maximum absolute atomic E-state index is 11.0. The zero-order valence-electron chi connectivity index (χ0n) is 9.44. The highest BCUT2D eigenvalue weighted by Crippen LogP contribution is 2.05. The van der Waals surface area contributed by atoms with Gasteiger partial charge in [-0.25, -0.2) is 9.67 Å². The molecule has 6 nitrogen and oxygen atoms in total. The summed E-state index contributed by atoms with van der Waals surface area (Å²) in [5, 5.41) is 10.3. The Morgan fingerprint density at radius 3 is 3.25 bits per heavy atom. The van der Waals surface area contributed by atoms with Crippen molar-refractivity contribution in [2.24, 2.45) is 0 Å². The highest BCUT2D eigenvalue weighted by atomic mass is 16.1. The maximum Gasteiger partial charge on any atom is 0.220 e. The van der Waals surface area contributed by atoms with Gasteiger partial charge in [-0.2, -0.15) is 5.10 Å². The first-order chi connectivity index (χ1) is 7.79. The van der Waals surface area contributed by atoms with Crippen LogP contribution in [0.1, 0.15) is 25.6 Å². The molecule has 1 aromatic heterocycles. The van der Waals surface area contributed by atoms with Crippen molar-refractivity contribution in [1.29, 1.82) is 0 Å². The van der Waals surface area contributed by atoms with Gasteiger partial charge in [0.1, 0.15) is 12.2 Å².